The summed E-state index contributed by atoms with van der Waals surface area (Å²) in [5.74, 6) is 0.596. The van der Waals surface area contributed by atoms with Crippen LogP contribution in [-0.2, 0) is 0 Å². The van der Waals surface area contributed by atoms with Gasteiger partial charge in [0.25, 0.3) is 0 Å². The van der Waals surface area contributed by atoms with Gasteiger partial charge < -0.3 is 4.74 Å². The molecule has 0 amide bonds. The van der Waals surface area contributed by atoms with Crippen LogP contribution in [0.25, 0.3) is 10.8 Å². The first-order chi connectivity index (χ1) is 6.85. The molecule has 1 aromatic heterocycles. The van der Waals surface area contributed by atoms with Crippen molar-refractivity contribution in [2.45, 2.75) is 0 Å². The minimum Gasteiger partial charge on any atom is -0.496 e. The lowest BCUT2D eigenvalue weighted by Crippen LogP contribution is -1.90. The summed E-state index contributed by atoms with van der Waals surface area (Å²) in [5, 5.41) is 1.96. The number of ether oxygens (including phenoxy) is 1. The van der Waals surface area contributed by atoms with Gasteiger partial charge in [-0.15, -0.1) is 0 Å². The van der Waals surface area contributed by atoms with E-state index in [9.17, 15) is 4.79 Å². The molecule has 0 N–H and O–H groups in total. The van der Waals surface area contributed by atoms with Crippen molar-refractivity contribution in [1.82, 2.24) is 4.98 Å². The van der Waals surface area contributed by atoms with Crippen LogP contribution in [0.1, 0.15) is 10.4 Å². The van der Waals surface area contributed by atoms with Crippen molar-refractivity contribution in [2.75, 3.05) is 7.11 Å². The van der Waals surface area contributed by atoms with Crippen LogP contribution in [0.15, 0.2) is 30.6 Å². The van der Waals surface area contributed by atoms with Crippen LogP contribution in [0.5, 0.6) is 5.75 Å². The van der Waals surface area contributed by atoms with Crippen LogP contribution in [0.3, 0.4) is 0 Å². The van der Waals surface area contributed by atoms with Crippen molar-refractivity contribution in [3.8, 4) is 5.75 Å². The fourth-order valence-electron chi connectivity index (χ4n) is 1.40. The average Bonchev–Trinajstić information content (AvgIpc) is 2.27. The Balaban J connectivity index is 2.75. The van der Waals surface area contributed by atoms with Gasteiger partial charge in [0, 0.05) is 17.8 Å². The second kappa shape index (κ2) is 3.46. The Kier molecular flexibility index (Phi) is 2.14. The standard InChI is InChI=1S/C11H9NO2/c1-14-11-5-8-2-3-12-6-9(8)4-10(11)7-13/h2-7H,1H3. The molecule has 0 aliphatic heterocycles. The minimum atomic E-state index is 0.549. The molecule has 2 rings (SSSR count). The Hall–Kier alpha value is -1.90. The fourth-order valence-corrected chi connectivity index (χ4v) is 1.40. The zero-order valence-electron chi connectivity index (χ0n) is 7.73. The summed E-state index contributed by atoms with van der Waals surface area (Å²) in [6.45, 7) is 0. The molecule has 0 atom stereocenters. The molecule has 0 saturated carbocycles. The molecule has 2 aromatic rings. The van der Waals surface area contributed by atoms with E-state index in [0.29, 0.717) is 11.3 Å². The number of aldehydes is 1. The molecule has 0 radical (unpaired) electrons. The van der Waals surface area contributed by atoms with Gasteiger partial charge in [-0.1, -0.05) is 0 Å². The number of carbonyl (C=O) groups is 1. The highest BCUT2D eigenvalue weighted by molar-refractivity contribution is 5.91. The average molecular weight is 187 g/mol. The Morgan fingerprint density at radius 1 is 1.36 bits per heavy atom. The van der Waals surface area contributed by atoms with Crippen LogP contribution in [0, 0.1) is 0 Å². The highest BCUT2D eigenvalue weighted by Gasteiger charge is 2.03. The monoisotopic (exact) mass is 187 g/mol. The molecule has 3 nitrogen and oxygen atoms in total. The molecule has 0 aliphatic carbocycles. The van der Waals surface area contributed by atoms with E-state index in [-0.39, 0.29) is 0 Å². The Morgan fingerprint density at radius 2 is 2.21 bits per heavy atom. The first-order valence-corrected chi connectivity index (χ1v) is 4.22. The Labute approximate surface area is 81.3 Å². The fraction of sp³-hybridized carbons (Fsp3) is 0.0909. The molecular weight excluding hydrogens is 178 g/mol. The lowest BCUT2D eigenvalue weighted by molar-refractivity contribution is 0.112. The molecule has 1 heterocycles. The van der Waals surface area contributed by atoms with E-state index < -0.39 is 0 Å². The van der Waals surface area contributed by atoms with E-state index in [1.54, 1.807) is 25.6 Å². The van der Waals surface area contributed by atoms with Crippen molar-refractivity contribution in [3.05, 3.63) is 36.2 Å². The molecule has 0 unspecified atom stereocenters. The van der Waals surface area contributed by atoms with Gasteiger partial charge in [-0.05, 0) is 23.6 Å². The zero-order valence-corrected chi connectivity index (χ0v) is 7.73. The van der Waals surface area contributed by atoms with Gasteiger partial charge in [-0.2, -0.15) is 0 Å². The first kappa shape index (κ1) is 8.69. The van der Waals surface area contributed by atoms with Crippen LogP contribution in [-0.4, -0.2) is 18.4 Å². The second-order valence-corrected chi connectivity index (χ2v) is 2.93. The number of nitrogens with zero attached hydrogens (tertiary/aromatic N) is 1. The van der Waals surface area contributed by atoms with Crippen LogP contribution >= 0.6 is 0 Å². The second-order valence-electron chi connectivity index (χ2n) is 2.93. The predicted molar refractivity (Wildman–Crippen MR) is 53.7 cm³/mol. The van der Waals surface area contributed by atoms with Gasteiger partial charge >= 0.3 is 0 Å². The van der Waals surface area contributed by atoms with Crippen molar-refractivity contribution in [1.29, 1.82) is 0 Å². The van der Waals surface area contributed by atoms with E-state index in [0.717, 1.165) is 17.1 Å². The number of aromatic nitrogens is 1. The maximum absolute atomic E-state index is 10.7. The van der Waals surface area contributed by atoms with Crippen LogP contribution in [0.2, 0.25) is 0 Å². The topological polar surface area (TPSA) is 39.2 Å². The Bertz CT molecular complexity index is 480. The molecule has 14 heavy (non-hydrogen) atoms. The first-order valence-electron chi connectivity index (χ1n) is 4.22. The zero-order chi connectivity index (χ0) is 9.97. The van der Waals surface area contributed by atoms with E-state index >= 15 is 0 Å². The maximum Gasteiger partial charge on any atom is 0.153 e. The minimum absolute atomic E-state index is 0.549. The van der Waals surface area contributed by atoms with Gasteiger partial charge in [-0.3, -0.25) is 9.78 Å². The summed E-state index contributed by atoms with van der Waals surface area (Å²) >= 11 is 0. The summed E-state index contributed by atoms with van der Waals surface area (Å²) < 4.78 is 5.09. The quantitative estimate of drug-likeness (QED) is 0.675. The predicted octanol–water partition coefficient (Wildman–Crippen LogP) is 2.06. The molecule has 0 bridgehead atoms. The van der Waals surface area contributed by atoms with Crippen molar-refractivity contribution >= 4 is 17.1 Å². The highest BCUT2D eigenvalue weighted by Crippen LogP contribution is 2.23. The highest BCUT2D eigenvalue weighted by atomic mass is 16.5. The third kappa shape index (κ3) is 1.33. The summed E-state index contributed by atoms with van der Waals surface area (Å²) in [5.41, 5.74) is 0.549. The van der Waals surface area contributed by atoms with Crippen molar-refractivity contribution in [3.63, 3.8) is 0 Å². The number of rotatable bonds is 2. The number of hydrogen-bond acceptors (Lipinski definition) is 3. The number of pyridine rings is 1. The normalized spacial score (nSPS) is 10.1. The van der Waals surface area contributed by atoms with E-state index in [4.69, 9.17) is 4.74 Å². The van der Waals surface area contributed by atoms with Gasteiger partial charge in [0.2, 0.25) is 0 Å². The van der Waals surface area contributed by atoms with Crippen LogP contribution < -0.4 is 4.74 Å². The maximum atomic E-state index is 10.7. The molecule has 0 spiro atoms. The molecule has 1 aromatic carbocycles. The number of methoxy groups -OCH3 is 1. The molecule has 0 saturated heterocycles. The molecule has 3 heteroatoms. The molecule has 0 fully saturated rings. The summed E-state index contributed by atoms with van der Waals surface area (Å²) in [6, 6.07) is 5.49. The van der Waals surface area contributed by atoms with Gasteiger partial charge in [-0.25, -0.2) is 0 Å². The van der Waals surface area contributed by atoms with Crippen molar-refractivity contribution < 1.29 is 9.53 Å². The summed E-state index contributed by atoms with van der Waals surface area (Å²) in [7, 11) is 1.55. The molecule has 0 aliphatic rings. The number of fused-ring (bicyclic) bond motifs is 1. The smallest absolute Gasteiger partial charge is 0.153 e. The third-order valence-electron chi connectivity index (χ3n) is 2.12. The molecular formula is C11H9NO2. The van der Waals surface area contributed by atoms with E-state index in [1.165, 1.54) is 0 Å². The largest absolute Gasteiger partial charge is 0.496 e. The Morgan fingerprint density at radius 3 is 2.93 bits per heavy atom. The van der Waals surface area contributed by atoms with Gasteiger partial charge in [0.1, 0.15) is 5.75 Å². The summed E-state index contributed by atoms with van der Waals surface area (Å²) in [4.78, 5) is 14.7. The molecule has 70 valence electrons. The van der Waals surface area contributed by atoms with Gasteiger partial charge in [0.15, 0.2) is 6.29 Å². The van der Waals surface area contributed by atoms with E-state index in [1.807, 2.05) is 12.1 Å². The van der Waals surface area contributed by atoms with Crippen LogP contribution in [0.4, 0.5) is 0 Å². The third-order valence-corrected chi connectivity index (χ3v) is 2.12. The van der Waals surface area contributed by atoms with Gasteiger partial charge in [0.05, 0.1) is 12.7 Å². The lowest BCUT2D eigenvalue weighted by Gasteiger charge is -2.04. The summed E-state index contributed by atoms with van der Waals surface area (Å²) in [6.07, 6.45) is 4.22. The number of hydrogen-bond donors (Lipinski definition) is 0. The number of carbonyl (C=O) groups excluding carboxylic acids is 1. The van der Waals surface area contributed by atoms with Crippen molar-refractivity contribution in [2.24, 2.45) is 0 Å². The SMILES string of the molecule is COc1cc2ccncc2cc1C=O. The number of benzene rings is 1. The lowest BCUT2D eigenvalue weighted by atomic mass is 10.1. The van der Waals surface area contributed by atoms with E-state index in [2.05, 4.69) is 4.98 Å².